The van der Waals surface area contributed by atoms with E-state index in [1.165, 1.54) is 18.7 Å². The minimum absolute atomic E-state index is 0.108. The highest BCUT2D eigenvalue weighted by molar-refractivity contribution is 6.32. The van der Waals surface area contributed by atoms with E-state index >= 15 is 0 Å². The van der Waals surface area contributed by atoms with Gasteiger partial charge in [0.2, 0.25) is 5.91 Å². The molecule has 2 atom stereocenters. The Morgan fingerprint density at radius 1 is 1.39 bits per heavy atom. The molecule has 1 aliphatic rings. The van der Waals surface area contributed by atoms with Gasteiger partial charge >= 0.3 is 0 Å². The van der Waals surface area contributed by atoms with E-state index in [0.29, 0.717) is 47.3 Å². The molecule has 1 aliphatic heterocycles. The number of aromatic nitrogens is 6. The summed E-state index contributed by atoms with van der Waals surface area (Å²) in [6, 6.07) is 1.27. The normalized spacial score (nSPS) is 17.5. The van der Waals surface area contributed by atoms with Crippen LogP contribution in [0.2, 0.25) is 5.02 Å². The Bertz CT molecular complexity index is 1580. The lowest BCUT2D eigenvalue weighted by atomic mass is 10.1. The first-order valence-corrected chi connectivity index (χ1v) is 11.4. The second kappa shape index (κ2) is 9.22. The number of methoxy groups -OCH3 is 1. The highest BCUT2D eigenvalue weighted by atomic mass is 35.5. The summed E-state index contributed by atoms with van der Waals surface area (Å²) in [6.07, 6.45) is 4.73. The van der Waals surface area contributed by atoms with Gasteiger partial charge in [0.05, 0.1) is 40.9 Å². The molecule has 4 aromatic rings. The van der Waals surface area contributed by atoms with E-state index in [4.69, 9.17) is 22.1 Å². The molecule has 184 valence electrons. The molecule has 5 rings (SSSR count). The Hall–Kier alpha value is -4.01. The van der Waals surface area contributed by atoms with E-state index in [1.54, 1.807) is 34.4 Å². The van der Waals surface area contributed by atoms with Gasteiger partial charge in [-0.25, -0.2) is 24.0 Å². The molecule has 36 heavy (non-hydrogen) atoms. The molecule has 1 amide bonds. The molecule has 1 fully saturated rings. The van der Waals surface area contributed by atoms with Gasteiger partial charge in [-0.05, 0) is 24.5 Å². The smallest absolute Gasteiger partial charge is 0.246 e. The van der Waals surface area contributed by atoms with Crippen LogP contribution in [0.25, 0.3) is 22.1 Å². The Morgan fingerprint density at radius 2 is 2.19 bits per heavy atom. The summed E-state index contributed by atoms with van der Waals surface area (Å²) in [7, 11) is 3.27. The quantitative estimate of drug-likeness (QED) is 0.332. The van der Waals surface area contributed by atoms with E-state index in [1.807, 2.05) is 0 Å². The third kappa shape index (κ3) is 3.84. The number of benzene rings is 1. The summed E-state index contributed by atoms with van der Waals surface area (Å²) in [4.78, 5) is 26.8. The number of imidazole rings is 1. The summed E-state index contributed by atoms with van der Waals surface area (Å²) in [6.45, 7) is 4.36. The Labute approximate surface area is 210 Å². The number of ether oxygens (including phenoxy) is 1. The highest BCUT2D eigenvalue weighted by Gasteiger charge is 2.37. The van der Waals surface area contributed by atoms with Gasteiger partial charge in [0, 0.05) is 26.3 Å². The monoisotopic (exact) mass is 508 g/mol. The third-order valence-corrected chi connectivity index (χ3v) is 6.64. The zero-order valence-corrected chi connectivity index (χ0v) is 20.3. The summed E-state index contributed by atoms with van der Waals surface area (Å²) in [5, 5.41) is 5.04. The Morgan fingerprint density at radius 3 is 2.94 bits per heavy atom. The van der Waals surface area contributed by atoms with E-state index < -0.39 is 5.82 Å². The average Bonchev–Trinajstić information content (AvgIpc) is 3.56. The van der Waals surface area contributed by atoms with Gasteiger partial charge in [-0.1, -0.05) is 24.1 Å². The molecular formula is C24H22ClFN8O2. The molecule has 1 aromatic carbocycles. The molecule has 12 heteroatoms. The van der Waals surface area contributed by atoms with Gasteiger partial charge < -0.3 is 19.9 Å². The van der Waals surface area contributed by atoms with Crippen molar-refractivity contribution >= 4 is 45.4 Å². The standard InChI is InChI=1S/C24H22ClFN8O2/c1-4-18(35)33-9-14(8-15(33)10-36-3)34-24-19(23(27)28-11-29-24)16(31-34)6-5-13-7-17-22(21(26)20(13)25)32(2)12-30-17/h4,7,11-12,14-15H,1,8-10H2,2-3H3,(H2,27,28,29)/t14-,15+/m0/s1. The molecule has 0 saturated carbocycles. The van der Waals surface area contributed by atoms with Crippen LogP contribution in [-0.2, 0) is 16.6 Å². The third-order valence-electron chi connectivity index (χ3n) is 6.27. The zero-order valence-electron chi connectivity index (χ0n) is 19.6. The first-order chi connectivity index (χ1) is 17.3. The largest absolute Gasteiger partial charge is 0.383 e. The van der Waals surface area contributed by atoms with Gasteiger partial charge in [-0.15, -0.1) is 0 Å². The van der Waals surface area contributed by atoms with Crippen molar-refractivity contribution < 1.29 is 13.9 Å². The minimum Gasteiger partial charge on any atom is -0.383 e. The fourth-order valence-corrected chi connectivity index (χ4v) is 4.80. The summed E-state index contributed by atoms with van der Waals surface area (Å²) < 4.78 is 23.4. The topological polar surface area (TPSA) is 117 Å². The van der Waals surface area contributed by atoms with Crippen LogP contribution in [0, 0.1) is 17.7 Å². The van der Waals surface area contributed by atoms with Crippen LogP contribution in [0.15, 0.2) is 31.4 Å². The molecule has 0 aliphatic carbocycles. The minimum atomic E-state index is -0.598. The first-order valence-electron chi connectivity index (χ1n) is 11.1. The second-order valence-corrected chi connectivity index (χ2v) is 8.85. The van der Waals surface area contributed by atoms with Crippen LogP contribution in [-0.4, -0.2) is 66.4 Å². The molecule has 0 spiro atoms. The summed E-state index contributed by atoms with van der Waals surface area (Å²) in [5.41, 5.74) is 7.97. The molecule has 3 aromatic heterocycles. The van der Waals surface area contributed by atoms with Crippen molar-refractivity contribution in [2.45, 2.75) is 18.5 Å². The number of halogens is 2. The van der Waals surface area contributed by atoms with E-state index in [2.05, 4.69) is 38.5 Å². The molecule has 0 radical (unpaired) electrons. The molecule has 2 N–H and O–H groups in total. The van der Waals surface area contributed by atoms with Crippen molar-refractivity contribution in [2.75, 3.05) is 26.0 Å². The number of nitrogens with zero attached hydrogens (tertiary/aromatic N) is 7. The zero-order chi connectivity index (χ0) is 25.6. The number of carbonyl (C=O) groups excluding carboxylic acids is 1. The van der Waals surface area contributed by atoms with Gasteiger partial charge in [-0.2, -0.15) is 5.10 Å². The lowest BCUT2D eigenvalue weighted by molar-refractivity contribution is -0.127. The molecular weight excluding hydrogens is 487 g/mol. The molecule has 10 nitrogen and oxygen atoms in total. The first kappa shape index (κ1) is 23.7. The fraction of sp³-hybridized carbons (Fsp3) is 0.292. The van der Waals surface area contributed by atoms with Crippen LogP contribution in [0.5, 0.6) is 0 Å². The number of nitrogen functional groups attached to an aromatic ring is 1. The van der Waals surface area contributed by atoms with Gasteiger partial charge in [0.1, 0.15) is 23.4 Å². The number of likely N-dealkylation sites (tertiary alicyclic amines) is 1. The number of nitrogens with two attached hydrogens (primary N) is 1. The number of hydrogen-bond donors (Lipinski definition) is 1. The number of aryl methyl sites for hydroxylation is 1. The number of rotatable bonds is 4. The van der Waals surface area contributed by atoms with Crippen molar-refractivity contribution in [3.63, 3.8) is 0 Å². The number of hydrogen-bond acceptors (Lipinski definition) is 7. The maximum absolute atomic E-state index is 14.9. The van der Waals surface area contributed by atoms with Crippen LogP contribution in [0.1, 0.15) is 23.7 Å². The number of amides is 1. The second-order valence-electron chi connectivity index (χ2n) is 8.47. The molecule has 4 heterocycles. The SMILES string of the molecule is C=CC(=O)N1C[C@@H](n2nc(C#Cc3cc4ncn(C)c4c(F)c3Cl)c3c(N)ncnc32)C[C@@H]1COC. The van der Waals surface area contributed by atoms with Crippen molar-refractivity contribution in [3.05, 3.63) is 53.5 Å². The summed E-state index contributed by atoms with van der Waals surface area (Å²) in [5.74, 6) is 5.29. The highest BCUT2D eigenvalue weighted by Crippen LogP contribution is 2.32. The van der Waals surface area contributed by atoms with Crippen LogP contribution in [0.4, 0.5) is 10.2 Å². The maximum atomic E-state index is 14.9. The number of anilines is 1. The van der Waals surface area contributed by atoms with Crippen molar-refractivity contribution in [1.29, 1.82) is 0 Å². The van der Waals surface area contributed by atoms with Crippen LogP contribution in [0.3, 0.4) is 0 Å². The number of carbonyl (C=O) groups is 1. The predicted molar refractivity (Wildman–Crippen MR) is 133 cm³/mol. The van der Waals surface area contributed by atoms with E-state index in [9.17, 15) is 9.18 Å². The van der Waals surface area contributed by atoms with Crippen LogP contribution < -0.4 is 5.73 Å². The Balaban J connectivity index is 1.59. The molecule has 0 bridgehead atoms. The average molecular weight is 509 g/mol. The van der Waals surface area contributed by atoms with Gasteiger partial charge in [-0.3, -0.25) is 4.79 Å². The van der Waals surface area contributed by atoms with E-state index in [-0.39, 0.29) is 34.4 Å². The fourth-order valence-electron chi connectivity index (χ4n) is 4.61. The van der Waals surface area contributed by atoms with Crippen LogP contribution >= 0.6 is 11.6 Å². The lowest BCUT2D eigenvalue weighted by Gasteiger charge is -2.22. The lowest BCUT2D eigenvalue weighted by Crippen LogP contribution is -2.37. The van der Waals surface area contributed by atoms with Crippen molar-refractivity contribution in [1.82, 2.24) is 34.2 Å². The van der Waals surface area contributed by atoms with Gasteiger partial charge in [0.15, 0.2) is 11.5 Å². The Kier molecular flexibility index (Phi) is 6.07. The van der Waals surface area contributed by atoms with Crippen molar-refractivity contribution in [3.8, 4) is 11.8 Å². The molecule has 0 unspecified atom stereocenters. The van der Waals surface area contributed by atoms with Gasteiger partial charge in [0.25, 0.3) is 0 Å². The maximum Gasteiger partial charge on any atom is 0.246 e. The predicted octanol–water partition coefficient (Wildman–Crippen LogP) is 2.46. The van der Waals surface area contributed by atoms with Crippen molar-refractivity contribution in [2.24, 2.45) is 7.05 Å². The summed E-state index contributed by atoms with van der Waals surface area (Å²) >= 11 is 6.28. The van der Waals surface area contributed by atoms with E-state index in [0.717, 1.165) is 0 Å². The number of fused-ring (bicyclic) bond motifs is 2. The molecule has 1 saturated heterocycles.